The van der Waals surface area contributed by atoms with Crippen molar-refractivity contribution in [3.05, 3.63) is 70.6 Å². The maximum absolute atomic E-state index is 12.2. The van der Waals surface area contributed by atoms with Crippen LogP contribution in [0.25, 0.3) is 5.69 Å². The Kier molecular flexibility index (Phi) is 3.61. The fourth-order valence-electron chi connectivity index (χ4n) is 2.10. The number of carbonyl (C=O) groups excluding carboxylic acids is 1. The SMILES string of the molecule is CN(Cc1c(=O)o[nH][n+]1-c1ccccc1)C(=O)c1ccco1. The van der Waals surface area contributed by atoms with E-state index < -0.39 is 5.63 Å². The topological polar surface area (TPSA) is 83.3 Å². The Morgan fingerprint density at radius 1 is 1.23 bits per heavy atom. The average Bonchev–Trinajstić information content (AvgIpc) is 3.18. The van der Waals surface area contributed by atoms with E-state index in [1.54, 1.807) is 19.2 Å². The summed E-state index contributed by atoms with van der Waals surface area (Å²) in [6.07, 6.45) is 1.43. The number of rotatable bonds is 4. The smallest absolute Gasteiger partial charge is 0.432 e. The number of H-pyrrole nitrogens is 1. The molecule has 0 unspecified atom stereocenters. The highest BCUT2D eigenvalue weighted by Gasteiger charge is 2.27. The monoisotopic (exact) mass is 300 g/mol. The molecule has 0 aliphatic rings. The van der Waals surface area contributed by atoms with Crippen molar-refractivity contribution in [2.75, 3.05) is 7.05 Å². The van der Waals surface area contributed by atoms with Crippen molar-refractivity contribution in [3.8, 4) is 5.69 Å². The van der Waals surface area contributed by atoms with Crippen molar-refractivity contribution in [2.24, 2.45) is 0 Å². The van der Waals surface area contributed by atoms with Crippen molar-refractivity contribution in [1.29, 1.82) is 0 Å². The number of aromatic nitrogens is 2. The van der Waals surface area contributed by atoms with Gasteiger partial charge in [0, 0.05) is 19.2 Å². The Hall–Kier alpha value is -3.09. The predicted molar refractivity (Wildman–Crippen MR) is 75.4 cm³/mol. The van der Waals surface area contributed by atoms with E-state index in [4.69, 9.17) is 8.94 Å². The highest BCUT2D eigenvalue weighted by molar-refractivity contribution is 5.91. The lowest BCUT2D eigenvalue weighted by atomic mass is 10.3. The lowest BCUT2D eigenvalue weighted by Crippen LogP contribution is -2.42. The van der Waals surface area contributed by atoms with Crippen LogP contribution in [0, 0.1) is 0 Å². The van der Waals surface area contributed by atoms with Gasteiger partial charge in [0.05, 0.1) is 6.26 Å². The van der Waals surface area contributed by atoms with Crippen LogP contribution in [0.15, 0.2) is 62.5 Å². The van der Waals surface area contributed by atoms with Gasteiger partial charge in [-0.05, 0) is 22.1 Å². The molecule has 0 radical (unpaired) electrons. The summed E-state index contributed by atoms with van der Waals surface area (Å²) in [6, 6.07) is 12.4. The standard InChI is InChI=1S/C15H13N3O4/c1-17(14(19)13-8-5-9-21-13)10-12-15(20)22-16-18(12)11-6-3-2-4-7-11/h2-9H,10H2,1H3/p+1. The molecule has 22 heavy (non-hydrogen) atoms. The van der Waals surface area contributed by atoms with Gasteiger partial charge in [0.1, 0.15) is 6.54 Å². The van der Waals surface area contributed by atoms with E-state index >= 15 is 0 Å². The third-order valence-corrected chi connectivity index (χ3v) is 3.22. The van der Waals surface area contributed by atoms with Crippen LogP contribution in [0.4, 0.5) is 0 Å². The Balaban J connectivity index is 1.88. The van der Waals surface area contributed by atoms with E-state index in [1.807, 2.05) is 30.3 Å². The van der Waals surface area contributed by atoms with Crippen molar-refractivity contribution in [2.45, 2.75) is 6.54 Å². The van der Waals surface area contributed by atoms with Gasteiger partial charge >= 0.3 is 11.3 Å². The third-order valence-electron chi connectivity index (χ3n) is 3.22. The molecule has 7 heteroatoms. The summed E-state index contributed by atoms with van der Waals surface area (Å²) in [5.74, 6) is -0.0982. The number of carbonyl (C=O) groups is 1. The number of furan rings is 1. The lowest BCUT2D eigenvalue weighted by molar-refractivity contribution is -0.678. The first-order valence-corrected chi connectivity index (χ1v) is 6.63. The van der Waals surface area contributed by atoms with Crippen molar-refractivity contribution >= 4 is 5.91 Å². The number of hydrogen-bond donors (Lipinski definition) is 1. The molecule has 1 aromatic carbocycles. The van der Waals surface area contributed by atoms with E-state index in [2.05, 4.69) is 5.27 Å². The summed E-state index contributed by atoms with van der Waals surface area (Å²) >= 11 is 0. The van der Waals surface area contributed by atoms with E-state index in [-0.39, 0.29) is 18.2 Å². The molecule has 0 saturated carbocycles. The van der Waals surface area contributed by atoms with Crippen LogP contribution in [0.1, 0.15) is 16.2 Å². The molecule has 0 spiro atoms. The zero-order valence-electron chi connectivity index (χ0n) is 11.9. The van der Waals surface area contributed by atoms with E-state index in [0.29, 0.717) is 5.69 Å². The van der Waals surface area contributed by atoms with E-state index in [9.17, 15) is 9.59 Å². The molecule has 0 atom stereocenters. The molecule has 1 amide bonds. The van der Waals surface area contributed by atoms with Gasteiger partial charge in [-0.15, -0.1) is 0 Å². The first-order chi connectivity index (χ1) is 10.7. The first kappa shape index (κ1) is 13.9. The molecular formula is C15H14N3O4+. The minimum absolute atomic E-state index is 0.0836. The summed E-state index contributed by atoms with van der Waals surface area (Å²) in [6.45, 7) is 0.0836. The van der Waals surface area contributed by atoms with Crippen molar-refractivity contribution in [1.82, 2.24) is 10.2 Å². The summed E-state index contributed by atoms with van der Waals surface area (Å²) < 4.78 is 11.4. The molecule has 0 bridgehead atoms. The normalized spacial score (nSPS) is 10.6. The molecule has 0 fully saturated rings. The van der Waals surface area contributed by atoms with Crippen LogP contribution in [0.3, 0.4) is 0 Å². The van der Waals surface area contributed by atoms with Gasteiger partial charge in [0.25, 0.3) is 5.91 Å². The Bertz CT molecular complexity index is 818. The molecule has 3 aromatic rings. The predicted octanol–water partition coefficient (Wildman–Crippen LogP) is 1.11. The lowest BCUT2D eigenvalue weighted by Gasteiger charge is -2.11. The fraction of sp³-hybridized carbons (Fsp3) is 0.133. The number of para-hydroxylation sites is 1. The first-order valence-electron chi connectivity index (χ1n) is 6.63. The molecule has 112 valence electrons. The van der Waals surface area contributed by atoms with Crippen LogP contribution >= 0.6 is 0 Å². The number of hydrogen-bond acceptors (Lipinski definition) is 4. The van der Waals surface area contributed by atoms with Gasteiger partial charge in [-0.2, -0.15) is 0 Å². The highest BCUT2D eigenvalue weighted by atomic mass is 16.5. The zero-order chi connectivity index (χ0) is 15.5. The molecular weight excluding hydrogens is 286 g/mol. The quantitative estimate of drug-likeness (QED) is 0.732. The van der Waals surface area contributed by atoms with Crippen LogP contribution in [0.2, 0.25) is 0 Å². The number of aromatic amines is 1. The van der Waals surface area contributed by atoms with E-state index in [0.717, 1.165) is 5.69 Å². The third kappa shape index (κ3) is 2.56. The van der Waals surface area contributed by atoms with Crippen LogP contribution < -0.4 is 10.3 Å². The Labute approximate surface area is 125 Å². The molecule has 0 aliphatic carbocycles. The molecule has 0 saturated heterocycles. The van der Waals surface area contributed by atoms with Gasteiger partial charge < -0.3 is 9.32 Å². The van der Waals surface area contributed by atoms with Crippen LogP contribution in [-0.4, -0.2) is 23.1 Å². The Morgan fingerprint density at radius 3 is 2.68 bits per heavy atom. The number of benzene rings is 1. The molecule has 2 heterocycles. The molecule has 1 N–H and O–H groups in total. The average molecular weight is 300 g/mol. The number of nitrogens with one attached hydrogen (secondary N) is 1. The molecule has 7 nitrogen and oxygen atoms in total. The largest absolute Gasteiger partial charge is 0.459 e. The summed E-state index contributed by atoms with van der Waals surface area (Å²) in [5.41, 5.74) is 0.527. The van der Waals surface area contributed by atoms with Crippen molar-refractivity contribution in [3.63, 3.8) is 0 Å². The van der Waals surface area contributed by atoms with E-state index in [1.165, 1.54) is 15.8 Å². The minimum atomic E-state index is -0.525. The molecule has 3 rings (SSSR count). The summed E-state index contributed by atoms with van der Waals surface area (Å²) in [7, 11) is 1.59. The number of amides is 1. The summed E-state index contributed by atoms with van der Waals surface area (Å²) in [5, 5.41) is 2.54. The van der Waals surface area contributed by atoms with Gasteiger partial charge in [-0.25, -0.2) is 4.79 Å². The van der Waals surface area contributed by atoms with Gasteiger partial charge in [-0.3, -0.25) is 9.32 Å². The molecule has 0 aliphatic heterocycles. The van der Waals surface area contributed by atoms with Crippen LogP contribution in [0.5, 0.6) is 0 Å². The fourth-order valence-corrected chi connectivity index (χ4v) is 2.10. The maximum Gasteiger partial charge on any atom is 0.432 e. The van der Waals surface area contributed by atoms with Gasteiger partial charge in [0.15, 0.2) is 5.76 Å². The minimum Gasteiger partial charge on any atom is -0.459 e. The van der Waals surface area contributed by atoms with Crippen LogP contribution in [-0.2, 0) is 6.54 Å². The second-order valence-electron chi connectivity index (χ2n) is 4.74. The zero-order valence-corrected chi connectivity index (χ0v) is 11.9. The second kappa shape index (κ2) is 5.72. The summed E-state index contributed by atoms with van der Waals surface area (Å²) in [4.78, 5) is 25.4. The Morgan fingerprint density at radius 2 is 2.00 bits per heavy atom. The van der Waals surface area contributed by atoms with Gasteiger partial charge in [-0.1, -0.05) is 18.2 Å². The highest BCUT2D eigenvalue weighted by Crippen LogP contribution is 2.06. The van der Waals surface area contributed by atoms with Gasteiger partial charge in [0.2, 0.25) is 5.69 Å². The molecule has 2 aromatic heterocycles. The second-order valence-corrected chi connectivity index (χ2v) is 4.74. The maximum atomic E-state index is 12.2. The van der Waals surface area contributed by atoms with Crippen molar-refractivity contribution < 1.29 is 18.4 Å². The number of nitrogens with zero attached hydrogens (tertiary/aromatic N) is 2.